The summed E-state index contributed by atoms with van der Waals surface area (Å²) in [4.78, 5) is 19.1. The number of aliphatic imine (C=N–C) groups is 1. The van der Waals surface area contributed by atoms with Crippen LogP contribution in [0, 0.1) is 23.7 Å². The van der Waals surface area contributed by atoms with Gasteiger partial charge in [-0.05, 0) is 62.7 Å². The lowest BCUT2D eigenvalue weighted by molar-refractivity contribution is -0.134. The molecule has 0 radical (unpaired) electrons. The molecule has 1 unspecified atom stereocenters. The van der Waals surface area contributed by atoms with E-state index in [1.54, 1.807) is 0 Å². The fourth-order valence-corrected chi connectivity index (χ4v) is 4.88. The summed E-state index contributed by atoms with van der Waals surface area (Å²) in [5.74, 6) is 4.39. The van der Waals surface area contributed by atoms with E-state index in [1.807, 2.05) is 7.05 Å². The summed E-state index contributed by atoms with van der Waals surface area (Å²) in [6, 6.07) is 0.344. The first-order chi connectivity index (χ1) is 12.2. The predicted molar refractivity (Wildman–Crippen MR) is 100 cm³/mol. The number of carbonyl (C=O) groups excluding carboxylic acids is 1. The zero-order valence-corrected chi connectivity index (χ0v) is 15.7. The molecule has 1 atom stereocenters. The zero-order valence-electron chi connectivity index (χ0n) is 15.7. The van der Waals surface area contributed by atoms with Crippen molar-refractivity contribution >= 4 is 11.9 Å². The van der Waals surface area contributed by atoms with Crippen LogP contribution in [-0.2, 0) is 4.79 Å². The molecule has 0 spiro atoms. The van der Waals surface area contributed by atoms with E-state index in [1.165, 1.54) is 38.5 Å². The van der Waals surface area contributed by atoms with Gasteiger partial charge in [-0.1, -0.05) is 12.8 Å². The normalized spacial score (nSPS) is 28.0. The first kappa shape index (κ1) is 17.2. The number of nitrogens with one attached hydrogen (secondary N) is 2. The molecule has 1 aliphatic heterocycles. The molecule has 3 aliphatic carbocycles. The van der Waals surface area contributed by atoms with Crippen molar-refractivity contribution in [2.45, 2.75) is 63.8 Å². The Kier molecular flexibility index (Phi) is 5.18. The van der Waals surface area contributed by atoms with Gasteiger partial charge in [0.1, 0.15) is 0 Å². The van der Waals surface area contributed by atoms with Crippen molar-refractivity contribution in [1.29, 1.82) is 0 Å². The quantitative estimate of drug-likeness (QED) is 0.573. The minimum Gasteiger partial charge on any atom is -0.356 e. The number of hydrogen-bond donors (Lipinski definition) is 2. The van der Waals surface area contributed by atoms with Crippen molar-refractivity contribution in [1.82, 2.24) is 15.5 Å². The molecular weight excluding hydrogens is 312 g/mol. The van der Waals surface area contributed by atoms with E-state index in [0.29, 0.717) is 17.9 Å². The van der Waals surface area contributed by atoms with Crippen molar-refractivity contribution in [3.05, 3.63) is 0 Å². The number of rotatable bonds is 6. The fraction of sp³-hybridized carbons (Fsp3) is 0.900. The molecule has 0 aromatic carbocycles. The first-order valence-corrected chi connectivity index (χ1v) is 10.5. The van der Waals surface area contributed by atoms with Gasteiger partial charge in [0.15, 0.2) is 5.96 Å². The Bertz CT molecular complexity index is 494. The van der Waals surface area contributed by atoms with Crippen LogP contribution >= 0.6 is 0 Å². The third-order valence-electron chi connectivity index (χ3n) is 6.73. The fourth-order valence-electron chi connectivity index (χ4n) is 4.88. The maximum atomic E-state index is 12.6. The summed E-state index contributed by atoms with van der Waals surface area (Å²) >= 11 is 0. The van der Waals surface area contributed by atoms with Crippen molar-refractivity contribution < 1.29 is 4.79 Å². The molecule has 4 aliphatic rings. The molecule has 5 nitrogen and oxygen atoms in total. The van der Waals surface area contributed by atoms with Gasteiger partial charge in [-0.2, -0.15) is 0 Å². The molecule has 1 saturated heterocycles. The van der Waals surface area contributed by atoms with Gasteiger partial charge in [-0.25, -0.2) is 0 Å². The third kappa shape index (κ3) is 4.29. The SMILES string of the molecule is CN=C(NCC(C1CC1)C1CC1)NC1CCN(C(=O)C2CCCC2)C1. The summed E-state index contributed by atoms with van der Waals surface area (Å²) in [5, 5.41) is 7.13. The molecule has 140 valence electrons. The molecule has 0 aromatic rings. The Morgan fingerprint density at radius 3 is 2.36 bits per heavy atom. The summed E-state index contributed by atoms with van der Waals surface area (Å²) in [5.41, 5.74) is 0. The van der Waals surface area contributed by atoms with E-state index in [-0.39, 0.29) is 0 Å². The Labute approximate surface area is 152 Å². The number of hydrogen-bond acceptors (Lipinski definition) is 2. The number of guanidine groups is 1. The van der Waals surface area contributed by atoms with Gasteiger partial charge >= 0.3 is 0 Å². The van der Waals surface area contributed by atoms with Gasteiger partial charge in [-0.15, -0.1) is 0 Å². The molecule has 0 aromatic heterocycles. The number of likely N-dealkylation sites (tertiary alicyclic amines) is 1. The van der Waals surface area contributed by atoms with Crippen LogP contribution in [0.15, 0.2) is 4.99 Å². The van der Waals surface area contributed by atoms with Crippen molar-refractivity contribution in [2.24, 2.45) is 28.7 Å². The van der Waals surface area contributed by atoms with Crippen LogP contribution in [0.2, 0.25) is 0 Å². The minimum atomic E-state index is 0.300. The van der Waals surface area contributed by atoms with Crippen LogP contribution in [0.4, 0.5) is 0 Å². The molecule has 3 saturated carbocycles. The molecule has 1 heterocycles. The van der Waals surface area contributed by atoms with Gasteiger partial charge in [0.25, 0.3) is 0 Å². The molecule has 0 bridgehead atoms. The second-order valence-electron chi connectivity index (χ2n) is 8.69. The summed E-state index contributed by atoms with van der Waals surface area (Å²) in [6.07, 6.45) is 11.4. The van der Waals surface area contributed by atoms with Crippen molar-refractivity contribution in [3.63, 3.8) is 0 Å². The molecule has 4 fully saturated rings. The smallest absolute Gasteiger partial charge is 0.225 e. The Morgan fingerprint density at radius 2 is 1.76 bits per heavy atom. The highest BCUT2D eigenvalue weighted by Crippen LogP contribution is 2.48. The maximum absolute atomic E-state index is 12.6. The van der Waals surface area contributed by atoms with Gasteiger partial charge in [0.2, 0.25) is 5.91 Å². The lowest BCUT2D eigenvalue weighted by Gasteiger charge is -2.23. The summed E-state index contributed by atoms with van der Waals surface area (Å²) < 4.78 is 0. The average molecular weight is 347 g/mol. The molecule has 1 amide bonds. The van der Waals surface area contributed by atoms with E-state index in [4.69, 9.17) is 0 Å². The zero-order chi connectivity index (χ0) is 17.2. The number of carbonyl (C=O) groups is 1. The van der Waals surface area contributed by atoms with Crippen LogP contribution in [-0.4, -0.2) is 49.5 Å². The highest BCUT2D eigenvalue weighted by Gasteiger charge is 2.41. The topological polar surface area (TPSA) is 56.7 Å². The maximum Gasteiger partial charge on any atom is 0.225 e. The molecule has 4 rings (SSSR count). The van der Waals surface area contributed by atoms with Crippen LogP contribution in [0.3, 0.4) is 0 Å². The Morgan fingerprint density at radius 1 is 1.08 bits per heavy atom. The standard InChI is InChI=1S/C20H34N4O/c1-21-20(22-12-18(14-6-7-14)15-8-9-15)23-17-10-11-24(13-17)19(25)16-4-2-3-5-16/h14-18H,2-13H2,1H3,(H2,21,22,23). The molecule has 5 heteroatoms. The van der Waals surface area contributed by atoms with E-state index in [9.17, 15) is 4.79 Å². The van der Waals surface area contributed by atoms with Gasteiger partial charge < -0.3 is 15.5 Å². The highest BCUT2D eigenvalue weighted by molar-refractivity contribution is 5.81. The largest absolute Gasteiger partial charge is 0.356 e. The molecular formula is C20H34N4O. The highest BCUT2D eigenvalue weighted by atomic mass is 16.2. The Balaban J connectivity index is 1.22. The number of nitrogens with zero attached hydrogens (tertiary/aromatic N) is 2. The third-order valence-corrected chi connectivity index (χ3v) is 6.73. The van der Waals surface area contributed by atoms with E-state index < -0.39 is 0 Å². The van der Waals surface area contributed by atoms with Gasteiger partial charge in [0.05, 0.1) is 0 Å². The lowest BCUT2D eigenvalue weighted by Crippen LogP contribution is -2.46. The minimum absolute atomic E-state index is 0.300. The molecule has 25 heavy (non-hydrogen) atoms. The number of amides is 1. The Hall–Kier alpha value is -1.26. The van der Waals surface area contributed by atoms with Gasteiger partial charge in [-0.3, -0.25) is 9.79 Å². The van der Waals surface area contributed by atoms with E-state index >= 15 is 0 Å². The second-order valence-corrected chi connectivity index (χ2v) is 8.69. The summed E-state index contributed by atoms with van der Waals surface area (Å²) in [6.45, 7) is 2.80. The summed E-state index contributed by atoms with van der Waals surface area (Å²) in [7, 11) is 1.86. The van der Waals surface area contributed by atoms with Crippen LogP contribution < -0.4 is 10.6 Å². The molecule has 2 N–H and O–H groups in total. The van der Waals surface area contributed by atoms with Crippen LogP contribution in [0.1, 0.15) is 57.8 Å². The van der Waals surface area contributed by atoms with Crippen molar-refractivity contribution in [3.8, 4) is 0 Å². The van der Waals surface area contributed by atoms with Crippen LogP contribution in [0.5, 0.6) is 0 Å². The lowest BCUT2D eigenvalue weighted by atomic mass is 9.98. The monoisotopic (exact) mass is 346 g/mol. The first-order valence-electron chi connectivity index (χ1n) is 10.5. The van der Waals surface area contributed by atoms with E-state index in [0.717, 1.165) is 62.6 Å². The second kappa shape index (κ2) is 7.55. The average Bonchev–Trinajstić information content (AvgIpc) is 3.54. The predicted octanol–water partition coefficient (Wildman–Crippen LogP) is 2.38. The van der Waals surface area contributed by atoms with Crippen LogP contribution in [0.25, 0.3) is 0 Å². The van der Waals surface area contributed by atoms with Gasteiger partial charge in [0, 0.05) is 38.6 Å². The van der Waals surface area contributed by atoms with Crippen molar-refractivity contribution in [2.75, 3.05) is 26.7 Å². The van der Waals surface area contributed by atoms with E-state index in [2.05, 4.69) is 20.5 Å².